The summed E-state index contributed by atoms with van der Waals surface area (Å²) in [5.74, 6) is 0.552. The Morgan fingerprint density at radius 3 is 2.61 bits per heavy atom. The predicted molar refractivity (Wildman–Crippen MR) is 71.7 cm³/mol. The van der Waals surface area contributed by atoms with E-state index >= 15 is 0 Å². The van der Waals surface area contributed by atoms with Crippen molar-refractivity contribution in [2.45, 2.75) is 50.7 Å². The van der Waals surface area contributed by atoms with Gasteiger partial charge in [0.05, 0.1) is 26.4 Å². The molecule has 2 rings (SSSR count). The number of rotatable bonds is 3. The van der Waals surface area contributed by atoms with Crippen LogP contribution in [0.15, 0.2) is 4.99 Å². The summed E-state index contributed by atoms with van der Waals surface area (Å²) in [5.41, 5.74) is 5.92. The molecule has 0 aromatic heterocycles. The molecule has 1 heterocycles. The third-order valence-electron chi connectivity index (χ3n) is 3.56. The van der Waals surface area contributed by atoms with Crippen molar-refractivity contribution in [1.29, 1.82) is 0 Å². The Balaban J connectivity index is 1.70. The van der Waals surface area contributed by atoms with Gasteiger partial charge in [0, 0.05) is 6.04 Å². The zero-order valence-electron chi connectivity index (χ0n) is 11.1. The Kier molecular flexibility index (Phi) is 5.74. The second-order valence-corrected chi connectivity index (χ2v) is 5.13. The van der Waals surface area contributed by atoms with E-state index in [0.29, 0.717) is 38.4 Å². The summed E-state index contributed by atoms with van der Waals surface area (Å²) in [4.78, 5) is 4.35. The molecule has 0 aromatic rings. The number of ether oxygens (including phenoxy) is 2. The molecule has 3 N–H and O–H groups in total. The summed E-state index contributed by atoms with van der Waals surface area (Å²) in [6, 6.07) is 0.500. The van der Waals surface area contributed by atoms with E-state index < -0.39 is 0 Å². The summed E-state index contributed by atoms with van der Waals surface area (Å²) in [7, 11) is 0. The molecule has 5 nitrogen and oxygen atoms in total. The number of nitrogens with two attached hydrogens (primary N) is 1. The fourth-order valence-corrected chi connectivity index (χ4v) is 2.52. The molecule has 1 unspecified atom stereocenters. The molecule has 104 valence electrons. The minimum absolute atomic E-state index is 0.0632. The molecule has 1 saturated carbocycles. The van der Waals surface area contributed by atoms with Crippen molar-refractivity contribution in [1.82, 2.24) is 5.32 Å². The van der Waals surface area contributed by atoms with Gasteiger partial charge in [0.1, 0.15) is 6.10 Å². The SMILES string of the molecule is NC(=NCC1COCCO1)NC1CCCCCC1. The molecular weight excluding hydrogens is 230 g/mol. The van der Waals surface area contributed by atoms with Crippen LogP contribution in [0, 0.1) is 0 Å². The topological polar surface area (TPSA) is 68.9 Å². The predicted octanol–water partition coefficient (Wildman–Crippen LogP) is 1.03. The number of nitrogens with one attached hydrogen (secondary N) is 1. The Labute approximate surface area is 109 Å². The molecular formula is C13H25N3O2. The Bertz CT molecular complexity index is 257. The number of hydrogen-bond donors (Lipinski definition) is 2. The highest BCUT2D eigenvalue weighted by molar-refractivity contribution is 5.78. The third kappa shape index (κ3) is 4.82. The van der Waals surface area contributed by atoms with Gasteiger partial charge < -0.3 is 20.5 Å². The van der Waals surface area contributed by atoms with Crippen molar-refractivity contribution in [2.24, 2.45) is 10.7 Å². The molecule has 1 saturated heterocycles. The van der Waals surface area contributed by atoms with Crippen LogP contribution in [0.1, 0.15) is 38.5 Å². The van der Waals surface area contributed by atoms with E-state index in [1.54, 1.807) is 0 Å². The zero-order valence-corrected chi connectivity index (χ0v) is 11.1. The highest BCUT2D eigenvalue weighted by atomic mass is 16.6. The summed E-state index contributed by atoms with van der Waals surface area (Å²) >= 11 is 0. The van der Waals surface area contributed by atoms with Gasteiger partial charge in [-0.15, -0.1) is 0 Å². The number of guanidine groups is 1. The molecule has 2 aliphatic rings. The third-order valence-corrected chi connectivity index (χ3v) is 3.56. The van der Waals surface area contributed by atoms with Crippen molar-refractivity contribution in [3.05, 3.63) is 0 Å². The lowest BCUT2D eigenvalue weighted by atomic mass is 10.1. The molecule has 0 amide bonds. The first-order chi connectivity index (χ1) is 8.84. The number of nitrogens with zero attached hydrogens (tertiary/aromatic N) is 1. The van der Waals surface area contributed by atoms with Crippen molar-refractivity contribution < 1.29 is 9.47 Å². The fraction of sp³-hybridized carbons (Fsp3) is 0.923. The average molecular weight is 255 g/mol. The first-order valence-corrected chi connectivity index (χ1v) is 7.10. The first-order valence-electron chi connectivity index (χ1n) is 7.10. The molecule has 0 radical (unpaired) electrons. The van der Waals surface area contributed by atoms with E-state index in [9.17, 15) is 0 Å². The molecule has 1 aliphatic carbocycles. The second kappa shape index (κ2) is 7.59. The maximum absolute atomic E-state index is 5.92. The quantitative estimate of drug-likeness (QED) is 0.449. The van der Waals surface area contributed by atoms with Gasteiger partial charge in [0.25, 0.3) is 0 Å². The van der Waals surface area contributed by atoms with E-state index in [-0.39, 0.29) is 6.10 Å². The van der Waals surface area contributed by atoms with Crippen LogP contribution in [0.5, 0.6) is 0 Å². The normalized spacial score (nSPS) is 27.8. The lowest BCUT2D eigenvalue weighted by molar-refractivity contribution is -0.0832. The molecule has 0 aromatic carbocycles. The standard InChI is InChI=1S/C13H25N3O2/c14-13(15-9-12-10-17-7-8-18-12)16-11-5-3-1-2-4-6-11/h11-12H,1-10H2,(H3,14,15,16). The minimum atomic E-state index is 0.0632. The van der Waals surface area contributed by atoms with Crippen molar-refractivity contribution in [3.63, 3.8) is 0 Å². The Morgan fingerprint density at radius 2 is 1.94 bits per heavy atom. The first kappa shape index (κ1) is 13.6. The smallest absolute Gasteiger partial charge is 0.188 e. The summed E-state index contributed by atoms with van der Waals surface area (Å²) in [6.07, 6.45) is 7.77. The van der Waals surface area contributed by atoms with Gasteiger partial charge in [-0.2, -0.15) is 0 Å². The van der Waals surface area contributed by atoms with Crippen LogP contribution in [-0.4, -0.2) is 44.5 Å². The number of aliphatic imine (C=N–C) groups is 1. The van der Waals surface area contributed by atoms with E-state index in [4.69, 9.17) is 15.2 Å². The van der Waals surface area contributed by atoms with E-state index in [1.807, 2.05) is 0 Å². The zero-order chi connectivity index (χ0) is 12.6. The van der Waals surface area contributed by atoms with E-state index in [0.717, 1.165) is 0 Å². The van der Waals surface area contributed by atoms with Crippen LogP contribution in [0.3, 0.4) is 0 Å². The van der Waals surface area contributed by atoms with Crippen molar-refractivity contribution in [3.8, 4) is 0 Å². The van der Waals surface area contributed by atoms with Gasteiger partial charge in [0.15, 0.2) is 5.96 Å². The molecule has 1 aliphatic heterocycles. The van der Waals surface area contributed by atoms with Crippen LogP contribution < -0.4 is 11.1 Å². The molecule has 1 atom stereocenters. The monoisotopic (exact) mass is 255 g/mol. The van der Waals surface area contributed by atoms with E-state index in [1.165, 1.54) is 38.5 Å². The van der Waals surface area contributed by atoms with Crippen LogP contribution in [-0.2, 0) is 9.47 Å². The fourth-order valence-electron chi connectivity index (χ4n) is 2.52. The molecule has 5 heteroatoms. The minimum Gasteiger partial charge on any atom is -0.376 e. The maximum atomic E-state index is 5.92. The van der Waals surface area contributed by atoms with Crippen LogP contribution in [0.4, 0.5) is 0 Å². The van der Waals surface area contributed by atoms with Crippen LogP contribution >= 0.6 is 0 Å². The van der Waals surface area contributed by atoms with Gasteiger partial charge in [-0.1, -0.05) is 25.7 Å². The summed E-state index contributed by atoms with van der Waals surface area (Å²) in [5, 5.41) is 3.33. The second-order valence-electron chi connectivity index (χ2n) is 5.13. The Morgan fingerprint density at radius 1 is 1.17 bits per heavy atom. The van der Waals surface area contributed by atoms with Gasteiger partial charge in [0.2, 0.25) is 0 Å². The lowest BCUT2D eigenvalue weighted by Gasteiger charge is -2.22. The molecule has 0 spiro atoms. The largest absolute Gasteiger partial charge is 0.376 e. The van der Waals surface area contributed by atoms with Crippen LogP contribution in [0.25, 0.3) is 0 Å². The molecule has 18 heavy (non-hydrogen) atoms. The van der Waals surface area contributed by atoms with Gasteiger partial charge in [-0.25, -0.2) is 0 Å². The summed E-state index contributed by atoms with van der Waals surface area (Å²) in [6.45, 7) is 2.57. The molecule has 0 bridgehead atoms. The highest BCUT2D eigenvalue weighted by Gasteiger charge is 2.15. The maximum Gasteiger partial charge on any atom is 0.188 e. The molecule has 2 fully saturated rings. The lowest BCUT2D eigenvalue weighted by Crippen LogP contribution is -2.41. The van der Waals surface area contributed by atoms with Gasteiger partial charge >= 0.3 is 0 Å². The average Bonchev–Trinajstić information content (AvgIpc) is 2.66. The van der Waals surface area contributed by atoms with Gasteiger partial charge in [-0.3, -0.25) is 4.99 Å². The highest BCUT2D eigenvalue weighted by Crippen LogP contribution is 2.16. The summed E-state index contributed by atoms with van der Waals surface area (Å²) < 4.78 is 10.8. The van der Waals surface area contributed by atoms with Crippen LogP contribution in [0.2, 0.25) is 0 Å². The van der Waals surface area contributed by atoms with Crippen molar-refractivity contribution in [2.75, 3.05) is 26.4 Å². The van der Waals surface area contributed by atoms with E-state index in [2.05, 4.69) is 10.3 Å². The Hall–Kier alpha value is -0.810. The number of hydrogen-bond acceptors (Lipinski definition) is 3. The van der Waals surface area contributed by atoms with Crippen molar-refractivity contribution >= 4 is 5.96 Å². The van der Waals surface area contributed by atoms with Gasteiger partial charge in [-0.05, 0) is 12.8 Å².